The summed E-state index contributed by atoms with van der Waals surface area (Å²) in [6, 6.07) is 7.36. The van der Waals surface area contributed by atoms with E-state index in [0.29, 0.717) is 40.9 Å². The summed E-state index contributed by atoms with van der Waals surface area (Å²) in [6.45, 7) is 2.62. The van der Waals surface area contributed by atoms with Crippen LogP contribution in [0.2, 0.25) is 0 Å². The number of cyclic esters (lactones) is 1. The summed E-state index contributed by atoms with van der Waals surface area (Å²) in [7, 11) is 3.12. The molecule has 0 saturated carbocycles. The second-order valence-corrected chi connectivity index (χ2v) is 7.76. The minimum atomic E-state index is -0.844. The normalized spacial score (nSPS) is 25.5. The summed E-state index contributed by atoms with van der Waals surface area (Å²) in [5, 5.41) is 11.1. The van der Waals surface area contributed by atoms with Crippen molar-refractivity contribution < 1.29 is 38.3 Å². The van der Waals surface area contributed by atoms with Crippen LogP contribution in [-0.4, -0.2) is 45.3 Å². The molecule has 2 aliphatic heterocycles. The maximum atomic E-state index is 12.8. The van der Waals surface area contributed by atoms with Crippen molar-refractivity contribution in [2.24, 2.45) is 11.8 Å². The molecule has 1 aliphatic carbocycles. The average molecular weight is 428 g/mol. The second-order valence-electron chi connectivity index (χ2n) is 7.76. The summed E-state index contributed by atoms with van der Waals surface area (Å²) in [5.41, 5.74) is 2.31. The fraction of sp³-hybridized carbons (Fsp3) is 0.435. The monoisotopic (exact) mass is 428 g/mol. The van der Waals surface area contributed by atoms with Gasteiger partial charge in [0.1, 0.15) is 0 Å². The quantitative estimate of drug-likeness (QED) is 0.727. The van der Waals surface area contributed by atoms with Crippen molar-refractivity contribution >= 4 is 5.97 Å². The summed E-state index contributed by atoms with van der Waals surface area (Å²) >= 11 is 0. The molecule has 4 atom stereocenters. The number of hydrogen-bond donors (Lipinski definition) is 1. The fourth-order valence-electron chi connectivity index (χ4n) is 4.90. The van der Waals surface area contributed by atoms with Crippen molar-refractivity contribution in [1.82, 2.24) is 0 Å². The first-order valence-electron chi connectivity index (χ1n) is 10.2. The van der Waals surface area contributed by atoms with Crippen molar-refractivity contribution in [2.75, 3.05) is 34.2 Å². The molecule has 1 fully saturated rings. The number of fused-ring (bicyclic) bond motifs is 3. The Morgan fingerprint density at radius 1 is 1.00 bits per heavy atom. The number of ether oxygens (including phenoxy) is 6. The van der Waals surface area contributed by atoms with E-state index in [-0.39, 0.29) is 31.2 Å². The van der Waals surface area contributed by atoms with Crippen LogP contribution in [0.1, 0.15) is 35.6 Å². The SMILES string of the molecule is CCOc1c(OC)cc([C@@H]2c3cc4c(cc3[C@@H](O)[C@H]3COC(=O)[C@H]23)OCO4)cc1OC. The average Bonchev–Trinajstić information content (AvgIpc) is 3.40. The summed E-state index contributed by atoms with van der Waals surface area (Å²) < 4.78 is 33.4. The molecular formula is C23H24O8. The number of benzene rings is 2. The molecule has 8 heteroatoms. The number of carbonyl (C=O) groups is 1. The van der Waals surface area contributed by atoms with Crippen LogP contribution in [0.25, 0.3) is 0 Å². The highest BCUT2D eigenvalue weighted by molar-refractivity contribution is 5.79. The molecule has 2 heterocycles. The third-order valence-corrected chi connectivity index (χ3v) is 6.28. The van der Waals surface area contributed by atoms with Gasteiger partial charge in [-0.2, -0.15) is 0 Å². The Hall–Kier alpha value is -3.13. The Kier molecular flexibility index (Phi) is 4.81. The third-order valence-electron chi connectivity index (χ3n) is 6.28. The van der Waals surface area contributed by atoms with Gasteiger partial charge in [-0.15, -0.1) is 0 Å². The highest BCUT2D eigenvalue weighted by Gasteiger charge is 2.52. The van der Waals surface area contributed by atoms with E-state index in [1.807, 2.05) is 25.1 Å². The minimum absolute atomic E-state index is 0.124. The van der Waals surface area contributed by atoms with Crippen LogP contribution in [-0.2, 0) is 9.53 Å². The topological polar surface area (TPSA) is 92.7 Å². The van der Waals surface area contributed by atoms with Gasteiger partial charge in [0.05, 0.1) is 39.5 Å². The molecule has 5 rings (SSSR count). The van der Waals surface area contributed by atoms with E-state index in [2.05, 4.69) is 0 Å². The van der Waals surface area contributed by atoms with Gasteiger partial charge in [0.15, 0.2) is 23.0 Å². The Balaban J connectivity index is 1.72. The molecule has 3 aliphatic rings. The fourth-order valence-corrected chi connectivity index (χ4v) is 4.90. The standard InChI is InChI=1S/C23H24O8/c1-4-28-22-17(26-2)5-11(6-18(22)27-3)19-12-7-15-16(31-10-30-15)8-13(12)21(24)14-9-29-23(25)20(14)19/h5-8,14,19-21,24H,4,9-10H2,1-3H3/t14-,19+,20-,21+/m0/s1. The summed E-state index contributed by atoms with van der Waals surface area (Å²) in [6.07, 6.45) is -0.844. The number of rotatable bonds is 5. The third kappa shape index (κ3) is 2.96. The number of methoxy groups -OCH3 is 2. The van der Waals surface area contributed by atoms with Gasteiger partial charge in [-0.25, -0.2) is 0 Å². The van der Waals surface area contributed by atoms with Gasteiger partial charge in [0, 0.05) is 11.8 Å². The van der Waals surface area contributed by atoms with E-state index < -0.39 is 12.0 Å². The Labute approximate surface area is 179 Å². The predicted octanol–water partition coefficient (Wildman–Crippen LogP) is 2.80. The summed E-state index contributed by atoms with van der Waals surface area (Å²) in [5.74, 6) is 1.07. The first-order chi connectivity index (χ1) is 15.1. The number of carbonyl (C=O) groups excluding carboxylic acids is 1. The highest BCUT2D eigenvalue weighted by atomic mass is 16.7. The Morgan fingerprint density at radius 3 is 2.26 bits per heavy atom. The lowest BCUT2D eigenvalue weighted by Gasteiger charge is -2.37. The lowest BCUT2D eigenvalue weighted by molar-refractivity contribution is -0.141. The zero-order chi connectivity index (χ0) is 21.7. The first-order valence-corrected chi connectivity index (χ1v) is 10.2. The molecule has 8 nitrogen and oxygen atoms in total. The van der Waals surface area contributed by atoms with E-state index in [1.165, 1.54) is 0 Å². The molecule has 0 radical (unpaired) electrons. The lowest BCUT2D eigenvalue weighted by atomic mass is 9.66. The maximum absolute atomic E-state index is 12.8. The molecule has 1 N–H and O–H groups in total. The second kappa shape index (κ2) is 7.53. The molecule has 0 amide bonds. The highest BCUT2D eigenvalue weighted by Crippen LogP contribution is 2.55. The Bertz CT molecular complexity index is 1010. The van der Waals surface area contributed by atoms with Crippen LogP contribution in [0.4, 0.5) is 0 Å². The summed E-state index contributed by atoms with van der Waals surface area (Å²) in [4.78, 5) is 12.8. The zero-order valence-electron chi connectivity index (χ0n) is 17.5. The van der Waals surface area contributed by atoms with Gasteiger partial charge < -0.3 is 33.5 Å². The minimum Gasteiger partial charge on any atom is -0.493 e. The van der Waals surface area contributed by atoms with Crippen molar-refractivity contribution in [1.29, 1.82) is 0 Å². The molecule has 0 bridgehead atoms. The molecule has 2 aromatic carbocycles. The van der Waals surface area contributed by atoms with Gasteiger partial charge in [0.25, 0.3) is 0 Å². The van der Waals surface area contributed by atoms with Crippen molar-refractivity contribution in [3.63, 3.8) is 0 Å². The van der Waals surface area contributed by atoms with E-state index in [1.54, 1.807) is 20.3 Å². The van der Waals surface area contributed by atoms with Crippen LogP contribution in [0.3, 0.4) is 0 Å². The van der Waals surface area contributed by atoms with Crippen LogP contribution >= 0.6 is 0 Å². The predicted molar refractivity (Wildman–Crippen MR) is 108 cm³/mol. The molecule has 1 saturated heterocycles. The van der Waals surface area contributed by atoms with Gasteiger partial charge >= 0.3 is 5.97 Å². The van der Waals surface area contributed by atoms with Gasteiger partial charge in [-0.1, -0.05) is 0 Å². The van der Waals surface area contributed by atoms with Crippen LogP contribution in [0.15, 0.2) is 24.3 Å². The molecule has 2 aromatic rings. The molecule has 0 spiro atoms. The van der Waals surface area contributed by atoms with E-state index in [9.17, 15) is 9.90 Å². The zero-order valence-corrected chi connectivity index (χ0v) is 17.5. The van der Waals surface area contributed by atoms with E-state index >= 15 is 0 Å². The number of esters is 1. The van der Waals surface area contributed by atoms with Crippen molar-refractivity contribution in [3.8, 4) is 28.7 Å². The largest absolute Gasteiger partial charge is 0.493 e. The van der Waals surface area contributed by atoms with Crippen LogP contribution in [0.5, 0.6) is 28.7 Å². The molecule has 0 unspecified atom stereocenters. The molecule has 164 valence electrons. The van der Waals surface area contributed by atoms with Gasteiger partial charge in [-0.05, 0) is 47.9 Å². The smallest absolute Gasteiger partial charge is 0.310 e. The van der Waals surface area contributed by atoms with Crippen molar-refractivity contribution in [3.05, 3.63) is 41.0 Å². The molecule has 0 aromatic heterocycles. The van der Waals surface area contributed by atoms with Crippen LogP contribution in [0, 0.1) is 11.8 Å². The first kappa shape index (κ1) is 19.8. The lowest BCUT2D eigenvalue weighted by Crippen LogP contribution is -2.34. The van der Waals surface area contributed by atoms with Gasteiger partial charge in [-0.3, -0.25) is 4.79 Å². The molecular weight excluding hydrogens is 404 g/mol. The number of aliphatic hydroxyl groups is 1. The van der Waals surface area contributed by atoms with Crippen LogP contribution < -0.4 is 23.7 Å². The number of hydrogen-bond acceptors (Lipinski definition) is 8. The van der Waals surface area contributed by atoms with E-state index in [4.69, 9.17) is 28.4 Å². The molecule has 31 heavy (non-hydrogen) atoms. The van der Waals surface area contributed by atoms with Crippen molar-refractivity contribution in [2.45, 2.75) is 18.9 Å². The van der Waals surface area contributed by atoms with Gasteiger partial charge in [0.2, 0.25) is 12.5 Å². The van der Waals surface area contributed by atoms with E-state index in [0.717, 1.165) is 11.1 Å². The number of aliphatic hydroxyl groups excluding tert-OH is 1. The maximum Gasteiger partial charge on any atom is 0.310 e. The Morgan fingerprint density at radius 2 is 1.65 bits per heavy atom.